The molecule has 1 aliphatic rings. The van der Waals surface area contributed by atoms with E-state index in [1.165, 1.54) is 6.07 Å². The lowest BCUT2D eigenvalue weighted by Gasteiger charge is -2.11. The van der Waals surface area contributed by atoms with Gasteiger partial charge >= 0.3 is 0 Å². The monoisotopic (exact) mass is 275 g/mol. The third-order valence-electron chi connectivity index (χ3n) is 3.13. The van der Waals surface area contributed by atoms with Gasteiger partial charge in [0.2, 0.25) is 0 Å². The quantitative estimate of drug-likeness (QED) is 0.915. The van der Waals surface area contributed by atoms with E-state index in [2.05, 4.69) is 5.32 Å². The van der Waals surface area contributed by atoms with E-state index in [4.69, 9.17) is 4.74 Å². The summed E-state index contributed by atoms with van der Waals surface area (Å²) in [7, 11) is 0. The number of rotatable bonds is 2. The Kier molecular flexibility index (Phi) is 3.10. The standard InChI is InChI=1S/C15H11F2NO2/c16-11-6-5-10(8-12(11)17)18-15(19)14-7-9-3-1-2-4-13(9)20-14/h1-6,8,14H,7H2,(H,18,19). The second kappa shape index (κ2) is 4.92. The predicted octanol–water partition coefficient (Wildman–Crippen LogP) is 2.91. The van der Waals surface area contributed by atoms with Crippen molar-refractivity contribution in [2.24, 2.45) is 0 Å². The van der Waals surface area contributed by atoms with Gasteiger partial charge < -0.3 is 10.1 Å². The number of hydrogen-bond acceptors (Lipinski definition) is 2. The van der Waals surface area contributed by atoms with Crippen LogP contribution < -0.4 is 10.1 Å². The first-order valence-electron chi connectivity index (χ1n) is 6.14. The molecule has 0 radical (unpaired) electrons. The van der Waals surface area contributed by atoms with Crippen LogP contribution in [-0.4, -0.2) is 12.0 Å². The molecule has 3 rings (SSSR count). The minimum absolute atomic E-state index is 0.202. The molecule has 0 saturated heterocycles. The van der Waals surface area contributed by atoms with Gasteiger partial charge in [0.15, 0.2) is 17.7 Å². The Morgan fingerprint density at radius 2 is 1.95 bits per heavy atom. The van der Waals surface area contributed by atoms with Crippen molar-refractivity contribution in [3.63, 3.8) is 0 Å². The maximum atomic E-state index is 13.1. The van der Waals surface area contributed by atoms with Crippen LogP contribution in [0.15, 0.2) is 42.5 Å². The number of halogens is 2. The molecule has 3 nitrogen and oxygen atoms in total. The maximum Gasteiger partial charge on any atom is 0.265 e. The van der Waals surface area contributed by atoms with Crippen LogP contribution in [-0.2, 0) is 11.2 Å². The average Bonchev–Trinajstić information content (AvgIpc) is 2.87. The molecular formula is C15H11F2NO2. The van der Waals surface area contributed by atoms with Gasteiger partial charge in [-0.05, 0) is 23.8 Å². The Labute approximate surface area is 114 Å². The summed E-state index contributed by atoms with van der Waals surface area (Å²) in [6.45, 7) is 0. The SMILES string of the molecule is O=C(Nc1ccc(F)c(F)c1)C1Cc2ccccc2O1. The molecule has 0 aliphatic carbocycles. The van der Waals surface area contributed by atoms with Gasteiger partial charge in [-0.1, -0.05) is 18.2 Å². The highest BCUT2D eigenvalue weighted by Gasteiger charge is 2.28. The van der Waals surface area contributed by atoms with Gasteiger partial charge in [0.25, 0.3) is 5.91 Å². The highest BCUT2D eigenvalue weighted by Crippen LogP contribution is 2.28. The first-order valence-corrected chi connectivity index (χ1v) is 6.14. The lowest BCUT2D eigenvalue weighted by molar-refractivity contribution is -0.122. The third kappa shape index (κ3) is 2.34. The summed E-state index contributed by atoms with van der Waals surface area (Å²) in [6.07, 6.45) is -0.188. The second-order valence-electron chi connectivity index (χ2n) is 4.54. The molecule has 1 aliphatic heterocycles. The van der Waals surface area contributed by atoms with Gasteiger partial charge in [-0.2, -0.15) is 0 Å². The Bertz CT molecular complexity index is 648. The zero-order valence-electron chi connectivity index (χ0n) is 10.4. The van der Waals surface area contributed by atoms with E-state index < -0.39 is 17.7 Å². The first kappa shape index (κ1) is 12.6. The second-order valence-corrected chi connectivity index (χ2v) is 4.54. The van der Waals surface area contributed by atoms with Gasteiger partial charge in [0, 0.05) is 18.2 Å². The van der Waals surface area contributed by atoms with Crippen molar-refractivity contribution in [3.05, 3.63) is 59.7 Å². The molecule has 5 heteroatoms. The van der Waals surface area contributed by atoms with Crippen molar-refractivity contribution < 1.29 is 18.3 Å². The Morgan fingerprint density at radius 1 is 1.15 bits per heavy atom. The smallest absolute Gasteiger partial charge is 0.265 e. The predicted molar refractivity (Wildman–Crippen MR) is 69.5 cm³/mol. The molecular weight excluding hydrogens is 264 g/mol. The summed E-state index contributed by atoms with van der Waals surface area (Å²) in [5.74, 6) is -1.66. The molecule has 1 heterocycles. The lowest BCUT2D eigenvalue weighted by atomic mass is 10.1. The van der Waals surface area contributed by atoms with E-state index in [1.807, 2.05) is 18.2 Å². The molecule has 2 aromatic carbocycles. The van der Waals surface area contributed by atoms with Crippen molar-refractivity contribution in [1.82, 2.24) is 0 Å². The van der Waals surface area contributed by atoms with Crippen LogP contribution in [0.4, 0.5) is 14.5 Å². The fraction of sp³-hybridized carbons (Fsp3) is 0.133. The molecule has 1 unspecified atom stereocenters. The van der Waals surface area contributed by atoms with Gasteiger partial charge in [0.1, 0.15) is 5.75 Å². The fourth-order valence-corrected chi connectivity index (χ4v) is 2.12. The van der Waals surface area contributed by atoms with Gasteiger partial charge in [-0.25, -0.2) is 8.78 Å². The molecule has 1 amide bonds. The summed E-state index contributed by atoms with van der Waals surface area (Å²) in [6, 6.07) is 10.6. The number of carbonyl (C=O) groups is 1. The lowest BCUT2D eigenvalue weighted by Crippen LogP contribution is -2.31. The number of benzene rings is 2. The summed E-state index contributed by atoms with van der Waals surface area (Å²) in [4.78, 5) is 12.0. The molecule has 1 atom stereocenters. The highest BCUT2D eigenvalue weighted by molar-refractivity contribution is 5.95. The van der Waals surface area contributed by atoms with E-state index in [0.717, 1.165) is 17.7 Å². The number of ether oxygens (including phenoxy) is 1. The molecule has 0 aromatic heterocycles. The number of hydrogen-bond donors (Lipinski definition) is 1. The van der Waals surface area contributed by atoms with E-state index in [0.29, 0.717) is 12.2 Å². The zero-order valence-corrected chi connectivity index (χ0v) is 10.4. The van der Waals surface area contributed by atoms with E-state index >= 15 is 0 Å². The zero-order chi connectivity index (χ0) is 14.1. The van der Waals surface area contributed by atoms with Crippen molar-refractivity contribution in [1.29, 1.82) is 0 Å². The Morgan fingerprint density at radius 3 is 2.70 bits per heavy atom. The maximum absolute atomic E-state index is 13.1. The molecule has 2 aromatic rings. The number of carbonyl (C=O) groups excluding carboxylic acids is 1. The highest BCUT2D eigenvalue weighted by atomic mass is 19.2. The Balaban J connectivity index is 1.71. The Hall–Kier alpha value is -2.43. The topological polar surface area (TPSA) is 38.3 Å². The number of amides is 1. The summed E-state index contributed by atoms with van der Waals surface area (Å²) in [5, 5.41) is 2.52. The van der Waals surface area contributed by atoms with Crippen LogP contribution in [0, 0.1) is 11.6 Å². The minimum atomic E-state index is -1.00. The van der Waals surface area contributed by atoms with Crippen molar-refractivity contribution >= 4 is 11.6 Å². The van der Waals surface area contributed by atoms with E-state index in [1.54, 1.807) is 6.07 Å². The molecule has 20 heavy (non-hydrogen) atoms. The largest absolute Gasteiger partial charge is 0.480 e. The molecule has 0 fully saturated rings. The van der Waals surface area contributed by atoms with Crippen LogP contribution >= 0.6 is 0 Å². The molecule has 102 valence electrons. The summed E-state index contributed by atoms with van der Waals surface area (Å²) < 4.78 is 31.4. The molecule has 0 bridgehead atoms. The van der Waals surface area contributed by atoms with Gasteiger partial charge in [0.05, 0.1) is 0 Å². The number of anilines is 1. The first-order chi connectivity index (χ1) is 9.63. The van der Waals surface area contributed by atoms with Crippen LogP contribution in [0.2, 0.25) is 0 Å². The summed E-state index contributed by atoms with van der Waals surface area (Å²) >= 11 is 0. The van der Waals surface area contributed by atoms with E-state index in [-0.39, 0.29) is 11.6 Å². The van der Waals surface area contributed by atoms with Crippen molar-refractivity contribution in [2.45, 2.75) is 12.5 Å². The van der Waals surface area contributed by atoms with Crippen LogP contribution in [0.1, 0.15) is 5.56 Å². The summed E-state index contributed by atoms with van der Waals surface area (Å²) in [5.41, 5.74) is 1.16. The van der Waals surface area contributed by atoms with Gasteiger partial charge in [-0.3, -0.25) is 4.79 Å². The van der Waals surface area contributed by atoms with Gasteiger partial charge in [-0.15, -0.1) is 0 Å². The molecule has 0 spiro atoms. The normalized spacial score (nSPS) is 16.4. The van der Waals surface area contributed by atoms with Crippen LogP contribution in [0.25, 0.3) is 0 Å². The number of para-hydroxylation sites is 1. The van der Waals surface area contributed by atoms with Crippen molar-refractivity contribution in [3.8, 4) is 5.75 Å². The van der Waals surface area contributed by atoms with Crippen LogP contribution in [0.3, 0.4) is 0 Å². The van der Waals surface area contributed by atoms with E-state index in [9.17, 15) is 13.6 Å². The minimum Gasteiger partial charge on any atom is -0.480 e. The number of fused-ring (bicyclic) bond motifs is 1. The average molecular weight is 275 g/mol. The van der Waals surface area contributed by atoms with Crippen molar-refractivity contribution in [2.75, 3.05) is 5.32 Å². The number of nitrogens with one attached hydrogen (secondary N) is 1. The fourth-order valence-electron chi connectivity index (χ4n) is 2.12. The molecule has 1 N–H and O–H groups in total. The molecule has 0 saturated carbocycles. The van der Waals surface area contributed by atoms with Crippen LogP contribution in [0.5, 0.6) is 5.75 Å². The third-order valence-corrected chi connectivity index (χ3v) is 3.13.